The normalized spacial score (nSPS) is 12.8. The zero-order valence-electron chi connectivity index (χ0n) is 18.7. The molecule has 0 aliphatic heterocycles. The van der Waals surface area contributed by atoms with E-state index >= 15 is 0 Å². The number of anilines is 1. The molecule has 2 rings (SSSR count). The summed E-state index contributed by atoms with van der Waals surface area (Å²) in [5.41, 5.74) is -8.68. The minimum atomic E-state index is -6.13. The zero-order valence-corrected chi connectivity index (χ0v) is 22.7. The van der Waals surface area contributed by atoms with Gasteiger partial charge in [0.15, 0.2) is 16.4 Å². The van der Waals surface area contributed by atoms with Crippen molar-refractivity contribution in [2.75, 3.05) is 30.0 Å². The van der Waals surface area contributed by atoms with Crippen molar-refractivity contribution in [3.63, 3.8) is 0 Å². The number of aromatic nitrogens is 2. The molecule has 6 nitrogen and oxygen atoms in total. The van der Waals surface area contributed by atoms with Crippen LogP contribution >= 0.6 is 46.7 Å². The minimum Gasteiger partial charge on any atom is -0.356 e. The average molecular weight is 615 g/mol. The van der Waals surface area contributed by atoms with Crippen LogP contribution in [0, 0.1) is 11.3 Å². The fourth-order valence-electron chi connectivity index (χ4n) is 3.09. The monoisotopic (exact) mass is 614 g/mol. The van der Waals surface area contributed by atoms with E-state index in [1.807, 2.05) is 13.8 Å². The van der Waals surface area contributed by atoms with Crippen molar-refractivity contribution in [3.8, 4) is 11.8 Å². The van der Waals surface area contributed by atoms with Gasteiger partial charge in [0.1, 0.15) is 11.8 Å². The van der Waals surface area contributed by atoms with Crippen molar-refractivity contribution in [2.45, 2.75) is 35.0 Å². The molecule has 200 valence electrons. The predicted molar refractivity (Wildman–Crippen MR) is 130 cm³/mol. The molecule has 0 saturated heterocycles. The number of nitriles is 1. The van der Waals surface area contributed by atoms with E-state index in [2.05, 4.69) is 5.10 Å². The van der Waals surface area contributed by atoms with E-state index in [-0.39, 0.29) is 11.1 Å². The first-order valence-corrected chi connectivity index (χ1v) is 14.2. The first-order valence-electron chi connectivity index (χ1n) is 9.86. The van der Waals surface area contributed by atoms with Crippen LogP contribution < -0.4 is 4.90 Å². The van der Waals surface area contributed by atoms with Gasteiger partial charge in [0.2, 0.25) is 0 Å². The maximum Gasteiger partial charge on any atom is 0.502 e. The Bertz CT molecular complexity index is 1230. The summed E-state index contributed by atoms with van der Waals surface area (Å²) < 4.78 is 106. The van der Waals surface area contributed by atoms with Gasteiger partial charge in [0, 0.05) is 13.6 Å². The summed E-state index contributed by atoms with van der Waals surface area (Å²) >= 11 is 15.0. The lowest BCUT2D eigenvalue weighted by molar-refractivity contribution is -0.137. The topological polar surface area (TPSA) is 79.0 Å². The summed E-state index contributed by atoms with van der Waals surface area (Å²) in [6.45, 7) is 3.70. The third-order valence-electron chi connectivity index (χ3n) is 4.54. The van der Waals surface area contributed by atoms with Gasteiger partial charge in [-0.15, -0.1) is 23.5 Å². The van der Waals surface area contributed by atoms with Crippen LogP contribution in [0.15, 0.2) is 17.0 Å². The van der Waals surface area contributed by atoms with Gasteiger partial charge in [0.05, 0.1) is 20.2 Å². The number of halogens is 8. The molecule has 0 amide bonds. The first-order chi connectivity index (χ1) is 16.5. The van der Waals surface area contributed by atoms with E-state index < -0.39 is 59.2 Å². The largest absolute Gasteiger partial charge is 0.502 e. The van der Waals surface area contributed by atoms with Gasteiger partial charge >= 0.3 is 11.7 Å². The van der Waals surface area contributed by atoms with Crippen LogP contribution in [0.25, 0.3) is 5.69 Å². The number of benzene rings is 1. The molecule has 0 aliphatic carbocycles. The quantitative estimate of drug-likeness (QED) is 0.232. The Morgan fingerprint density at radius 1 is 1.11 bits per heavy atom. The van der Waals surface area contributed by atoms with Crippen molar-refractivity contribution in [3.05, 3.63) is 33.4 Å². The van der Waals surface area contributed by atoms with E-state index in [1.54, 1.807) is 0 Å². The van der Waals surface area contributed by atoms with E-state index in [9.17, 15) is 40.0 Å². The molecule has 17 heteroatoms. The molecule has 0 spiro atoms. The Labute approximate surface area is 221 Å². The van der Waals surface area contributed by atoms with E-state index in [1.165, 1.54) is 36.6 Å². The highest BCUT2D eigenvalue weighted by atomic mass is 35.5. The lowest BCUT2D eigenvalue weighted by Gasteiger charge is -2.27. The predicted octanol–water partition coefficient (Wildman–Crippen LogP) is 6.63. The van der Waals surface area contributed by atoms with Gasteiger partial charge in [-0.1, -0.05) is 37.0 Å². The second-order valence-electron chi connectivity index (χ2n) is 6.98. The molecule has 0 N–H and O–H groups in total. The minimum absolute atomic E-state index is 0.0101. The van der Waals surface area contributed by atoms with Gasteiger partial charge < -0.3 is 4.90 Å². The van der Waals surface area contributed by atoms with Gasteiger partial charge in [-0.05, 0) is 23.6 Å². The van der Waals surface area contributed by atoms with E-state index in [4.69, 9.17) is 23.2 Å². The number of hydrogen-bond acceptors (Lipinski definition) is 7. The van der Waals surface area contributed by atoms with Crippen molar-refractivity contribution in [1.82, 2.24) is 9.78 Å². The van der Waals surface area contributed by atoms with E-state index in [0.29, 0.717) is 28.3 Å². The summed E-state index contributed by atoms with van der Waals surface area (Å²) in [7, 11) is -4.85. The third-order valence-corrected chi connectivity index (χ3v) is 9.17. The lowest BCUT2D eigenvalue weighted by Crippen LogP contribution is -2.31. The Kier molecular flexibility index (Phi) is 9.83. The molecule has 36 heavy (non-hydrogen) atoms. The molecule has 0 atom stereocenters. The highest BCUT2D eigenvalue weighted by Gasteiger charge is 2.52. The van der Waals surface area contributed by atoms with Gasteiger partial charge in [-0.25, -0.2) is 13.1 Å². The molecule has 1 aromatic carbocycles. The average Bonchev–Trinajstić information content (AvgIpc) is 3.12. The summed E-state index contributed by atoms with van der Waals surface area (Å²) in [4.78, 5) is -0.318. The van der Waals surface area contributed by atoms with Crippen molar-refractivity contribution in [2.24, 2.45) is 0 Å². The maximum absolute atomic E-state index is 13.6. The number of nitrogens with zero attached hydrogens (tertiary/aromatic N) is 4. The van der Waals surface area contributed by atoms with Crippen LogP contribution in [0.3, 0.4) is 0 Å². The Morgan fingerprint density at radius 2 is 1.61 bits per heavy atom. The molecule has 0 aliphatic rings. The van der Waals surface area contributed by atoms with Crippen LogP contribution in [-0.2, 0) is 16.0 Å². The van der Waals surface area contributed by atoms with Crippen molar-refractivity contribution in [1.29, 1.82) is 5.26 Å². The molecular formula is C19H18Cl2F6N4O2S3. The number of hydrogen-bond donors (Lipinski definition) is 0. The van der Waals surface area contributed by atoms with Crippen LogP contribution in [0.5, 0.6) is 0 Å². The maximum atomic E-state index is 13.6. The third kappa shape index (κ3) is 6.32. The number of thioether (sulfide) groups is 2. The molecule has 0 unspecified atom stereocenters. The van der Waals surface area contributed by atoms with Crippen LogP contribution in [0.4, 0.5) is 32.2 Å². The molecule has 1 aromatic heterocycles. The summed E-state index contributed by atoms with van der Waals surface area (Å²) in [6.07, 6.45) is -4.85. The van der Waals surface area contributed by atoms with Gasteiger partial charge in [-0.2, -0.15) is 36.7 Å². The summed E-state index contributed by atoms with van der Waals surface area (Å²) in [6, 6.07) is 2.27. The molecule has 2 aromatic rings. The first kappa shape index (κ1) is 30.8. The molecule has 0 bridgehead atoms. The fourth-order valence-corrected chi connectivity index (χ4v) is 7.39. The van der Waals surface area contributed by atoms with Crippen LogP contribution in [0.2, 0.25) is 10.0 Å². The molecule has 0 saturated carbocycles. The summed E-state index contributed by atoms with van der Waals surface area (Å²) in [5.74, 6) is 0.558. The summed E-state index contributed by atoms with van der Waals surface area (Å²) in [5, 5.41) is 11.8. The van der Waals surface area contributed by atoms with Crippen LogP contribution in [-0.4, -0.2) is 53.4 Å². The zero-order chi connectivity index (χ0) is 27.6. The Hall–Kier alpha value is -1.47. The van der Waals surface area contributed by atoms with Crippen LogP contribution in [0.1, 0.15) is 25.1 Å². The number of rotatable bonds is 9. The molecule has 0 radical (unpaired) electrons. The number of alkyl halides is 6. The van der Waals surface area contributed by atoms with Crippen molar-refractivity contribution < 1.29 is 34.8 Å². The SMILES string of the molecule is CCSC(CN(C)c1c(S(=O)(=O)C(F)(F)F)c(C#N)nn1-c1c(Cl)cc(C(F)(F)F)cc1Cl)SCC. The highest BCUT2D eigenvalue weighted by Crippen LogP contribution is 2.43. The Balaban J connectivity index is 2.93. The van der Waals surface area contributed by atoms with E-state index in [0.717, 1.165) is 4.90 Å². The fraction of sp³-hybridized carbons (Fsp3) is 0.474. The second-order valence-corrected chi connectivity index (χ2v) is 12.9. The molecule has 0 fully saturated rings. The van der Waals surface area contributed by atoms with Gasteiger partial charge in [0.25, 0.3) is 9.84 Å². The standard InChI is InChI=1S/C19H18Cl2F6N4O2S3/c1-4-34-14(35-5-2)9-30(3)17-16(36(32,33)19(25,26)27)13(8-28)29-31(17)15-11(20)6-10(7-12(15)21)18(22,23)24/h6-7,14H,4-5,9H2,1-3H3. The molecular weight excluding hydrogens is 597 g/mol. The Morgan fingerprint density at radius 3 is 2.00 bits per heavy atom. The number of sulfone groups is 1. The lowest BCUT2D eigenvalue weighted by atomic mass is 10.2. The highest BCUT2D eigenvalue weighted by molar-refractivity contribution is 8.17. The second kappa shape index (κ2) is 11.5. The smallest absolute Gasteiger partial charge is 0.356 e. The van der Waals surface area contributed by atoms with Crippen molar-refractivity contribution >= 4 is 62.4 Å². The molecule has 1 heterocycles. The van der Waals surface area contributed by atoms with Gasteiger partial charge in [-0.3, -0.25) is 0 Å².